The van der Waals surface area contributed by atoms with Crippen LogP contribution in [0, 0.1) is 20.8 Å². The molecule has 168 valence electrons. The van der Waals surface area contributed by atoms with Gasteiger partial charge in [0.05, 0.1) is 5.56 Å². The van der Waals surface area contributed by atoms with Gasteiger partial charge in [-0.1, -0.05) is 51.4 Å². The highest BCUT2D eigenvalue weighted by Crippen LogP contribution is 2.25. The van der Waals surface area contributed by atoms with E-state index in [1.54, 1.807) is 0 Å². The van der Waals surface area contributed by atoms with E-state index in [9.17, 15) is 4.79 Å². The topological polar surface area (TPSA) is 58.8 Å². The van der Waals surface area contributed by atoms with E-state index in [0.717, 1.165) is 41.0 Å². The highest BCUT2D eigenvalue weighted by molar-refractivity contribution is 9.10. The fourth-order valence-electron chi connectivity index (χ4n) is 4.05. The van der Waals surface area contributed by atoms with Crippen molar-refractivity contribution in [3.63, 3.8) is 0 Å². The van der Waals surface area contributed by atoms with Crippen LogP contribution in [0.25, 0.3) is 0 Å². The van der Waals surface area contributed by atoms with Crippen LogP contribution in [-0.2, 0) is 13.2 Å². The van der Waals surface area contributed by atoms with Crippen molar-refractivity contribution in [3.8, 4) is 5.75 Å². The van der Waals surface area contributed by atoms with Crippen LogP contribution in [0.1, 0.15) is 38.5 Å². The molecule has 0 saturated carbocycles. The summed E-state index contributed by atoms with van der Waals surface area (Å²) in [5.41, 5.74) is 4.46. The van der Waals surface area contributed by atoms with Gasteiger partial charge in [-0.25, -0.2) is 0 Å². The number of benzene rings is 2. The van der Waals surface area contributed by atoms with Crippen LogP contribution in [0.2, 0.25) is 0 Å². The first kappa shape index (κ1) is 22.6. The van der Waals surface area contributed by atoms with Gasteiger partial charge in [-0.2, -0.15) is 0 Å². The number of carbonyl (C=O) groups is 1. The van der Waals surface area contributed by atoms with E-state index >= 15 is 0 Å². The summed E-state index contributed by atoms with van der Waals surface area (Å²) in [7, 11) is 0. The first-order valence-corrected chi connectivity index (χ1v) is 11.6. The third-order valence-electron chi connectivity index (χ3n) is 5.91. The van der Waals surface area contributed by atoms with Gasteiger partial charge in [0.15, 0.2) is 5.69 Å². The zero-order valence-electron chi connectivity index (χ0n) is 18.7. The quantitative estimate of drug-likeness (QED) is 0.484. The number of aromatic nitrogens is 1. The van der Waals surface area contributed by atoms with Gasteiger partial charge >= 0.3 is 0 Å². The number of halogens is 1. The summed E-state index contributed by atoms with van der Waals surface area (Å²) in [4.78, 5) is 17.4. The van der Waals surface area contributed by atoms with Gasteiger partial charge in [0.25, 0.3) is 5.91 Å². The van der Waals surface area contributed by atoms with Gasteiger partial charge in [0.1, 0.15) is 18.1 Å². The van der Waals surface area contributed by atoms with Crippen molar-refractivity contribution in [1.29, 1.82) is 0 Å². The maximum Gasteiger partial charge on any atom is 0.276 e. The van der Waals surface area contributed by atoms with Crippen LogP contribution in [0.4, 0.5) is 0 Å². The minimum Gasteiger partial charge on any atom is -0.488 e. The molecule has 1 aromatic heterocycles. The molecule has 1 aliphatic rings. The Balaban J connectivity index is 1.39. The number of hydrogen-bond donors (Lipinski definition) is 0. The summed E-state index contributed by atoms with van der Waals surface area (Å²) in [6.07, 6.45) is 0. The molecule has 0 radical (unpaired) electrons. The second-order valence-corrected chi connectivity index (χ2v) is 9.19. The smallest absolute Gasteiger partial charge is 0.276 e. The molecule has 0 N–H and O–H groups in total. The van der Waals surface area contributed by atoms with Crippen LogP contribution >= 0.6 is 15.9 Å². The van der Waals surface area contributed by atoms with Gasteiger partial charge < -0.3 is 14.2 Å². The number of ether oxygens (including phenoxy) is 1. The number of para-hydroxylation sites is 1. The Bertz CT molecular complexity index is 1080. The molecule has 0 bridgehead atoms. The van der Waals surface area contributed by atoms with Crippen LogP contribution in [0.5, 0.6) is 5.75 Å². The monoisotopic (exact) mass is 497 g/mol. The lowest BCUT2D eigenvalue weighted by molar-refractivity contribution is 0.0616. The molecular weight excluding hydrogens is 470 g/mol. The Labute approximate surface area is 197 Å². The SMILES string of the molecule is Cc1cccc(C)c1OCc1c(C(=O)N2CCN(Cc3cccc(Br)c3)CC2)noc1C. The predicted molar refractivity (Wildman–Crippen MR) is 127 cm³/mol. The minimum atomic E-state index is -0.0935. The molecular formula is C25H28BrN3O3. The van der Waals surface area contributed by atoms with Crippen LogP contribution in [0.15, 0.2) is 51.5 Å². The Morgan fingerprint density at radius 1 is 1.06 bits per heavy atom. The fraction of sp³-hybridized carbons (Fsp3) is 0.360. The number of rotatable bonds is 6. The molecule has 2 heterocycles. The molecule has 2 aromatic carbocycles. The average Bonchev–Trinajstić information content (AvgIpc) is 3.14. The molecule has 0 aliphatic carbocycles. The second-order valence-electron chi connectivity index (χ2n) is 8.27. The molecule has 1 amide bonds. The van der Waals surface area contributed by atoms with Gasteiger partial charge in [0.2, 0.25) is 0 Å². The molecule has 3 aromatic rings. The van der Waals surface area contributed by atoms with Crippen LogP contribution in [-0.4, -0.2) is 47.0 Å². The third-order valence-corrected chi connectivity index (χ3v) is 6.40. The van der Waals surface area contributed by atoms with Crippen molar-refractivity contribution in [2.45, 2.75) is 33.9 Å². The van der Waals surface area contributed by atoms with Crippen LogP contribution < -0.4 is 4.74 Å². The maximum absolute atomic E-state index is 13.2. The van der Waals surface area contributed by atoms with E-state index in [2.05, 4.69) is 38.1 Å². The van der Waals surface area contributed by atoms with Crippen molar-refractivity contribution in [1.82, 2.24) is 15.0 Å². The Morgan fingerprint density at radius 2 is 1.75 bits per heavy atom. The molecule has 1 aliphatic heterocycles. The number of hydrogen-bond acceptors (Lipinski definition) is 5. The van der Waals surface area contributed by atoms with Gasteiger partial charge in [-0.3, -0.25) is 9.69 Å². The van der Waals surface area contributed by atoms with Crippen molar-refractivity contribution < 1.29 is 14.1 Å². The number of carbonyl (C=O) groups excluding carboxylic acids is 1. The third kappa shape index (κ3) is 5.05. The first-order valence-electron chi connectivity index (χ1n) is 10.8. The van der Waals surface area contributed by atoms with E-state index in [0.29, 0.717) is 30.1 Å². The largest absolute Gasteiger partial charge is 0.488 e. The molecule has 7 heteroatoms. The highest BCUT2D eigenvalue weighted by atomic mass is 79.9. The zero-order valence-corrected chi connectivity index (χ0v) is 20.3. The molecule has 6 nitrogen and oxygen atoms in total. The molecule has 0 spiro atoms. The van der Waals surface area contributed by atoms with E-state index in [4.69, 9.17) is 9.26 Å². The van der Waals surface area contributed by atoms with Crippen LogP contribution in [0.3, 0.4) is 0 Å². The van der Waals surface area contributed by atoms with Gasteiger partial charge in [-0.05, 0) is 49.6 Å². The normalized spacial score (nSPS) is 14.6. The summed E-state index contributed by atoms with van der Waals surface area (Å²) in [5, 5.41) is 4.08. The van der Waals surface area contributed by atoms with Crippen molar-refractivity contribution in [2.75, 3.05) is 26.2 Å². The Kier molecular flexibility index (Phi) is 6.96. The van der Waals surface area contributed by atoms with E-state index in [-0.39, 0.29) is 12.5 Å². The molecule has 4 rings (SSSR count). The lowest BCUT2D eigenvalue weighted by Gasteiger charge is -2.34. The van der Waals surface area contributed by atoms with E-state index in [1.807, 2.05) is 56.0 Å². The Morgan fingerprint density at radius 3 is 2.44 bits per heavy atom. The van der Waals surface area contributed by atoms with Gasteiger partial charge in [-0.15, -0.1) is 0 Å². The molecule has 32 heavy (non-hydrogen) atoms. The Hall–Kier alpha value is -2.64. The van der Waals surface area contributed by atoms with Crippen molar-refractivity contribution in [3.05, 3.63) is 80.6 Å². The van der Waals surface area contributed by atoms with Crippen molar-refractivity contribution in [2.24, 2.45) is 0 Å². The summed E-state index contributed by atoms with van der Waals surface area (Å²) >= 11 is 3.53. The molecule has 0 unspecified atom stereocenters. The summed E-state index contributed by atoms with van der Waals surface area (Å²) in [6, 6.07) is 14.4. The summed E-state index contributed by atoms with van der Waals surface area (Å²) < 4.78 is 12.5. The molecule has 1 fully saturated rings. The number of amides is 1. The van der Waals surface area contributed by atoms with E-state index < -0.39 is 0 Å². The predicted octanol–water partition coefficient (Wildman–Crippen LogP) is 4.90. The minimum absolute atomic E-state index is 0.0935. The molecule has 1 saturated heterocycles. The summed E-state index contributed by atoms with van der Waals surface area (Å²) in [5.74, 6) is 1.37. The average molecular weight is 498 g/mol. The summed E-state index contributed by atoms with van der Waals surface area (Å²) in [6.45, 7) is 9.96. The lowest BCUT2D eigenvalue weighted by atomic mass is 10.1. The molecule has 0 atom stereocenters. The number of nitrogens with zero attached hydrogens (tertiary/aromatic N) is 3. The number of aryl methyl sites for hydroxylation is 3. The fourth-order valence-corrected chi connectivity index (χ4v) is 4.50. The standard InChI is InChI=1S/C25H28BrN3O3/c1-17-6-4-7-18(2)24(17)31-16-22-19(3)32-27-23(22)25(30)29-12-10-28(11-13-29)15-20-8-5-9-21(26)14-20/h4-9,14H,10-13,15-16H2,1-3H3. The van der Waals surface area contributed by atoms with Gasteiger partial charge in [0, 0.05) is 37.2 Å². The zero-order chi connectivity index (χ0) is 22.7. The van der Waals surface area contributed by atoms with E-state index in [1.165, 1.54) is 5.56 Å². The number of piperazine rings is 1. The lowest BCUT2D eigenvalue weighted by Crippen LogP contribution is -2.48. The maximum atomic E-state index is 13.2. The first-order chi connectivity index (χ1) is 15.4. The van der Waals surface area contributed by atoms with Crippen molar-refractivity contribution >= 4 is 21.8 Å². The second kappa shape index (κ2) is 9.88. The highest BCUT2D eigenvalue weighted by Gasteiger charge is 2.28.